The van der Waals surface area contributed by atoms with Crippen LogP contribution in [0.5, 0.6) is 5.75 Å². The fraction of sp³-hybridized carbons (Fsp3) is 0.182. The van der Waals surface area contributed by atoms with E-state index in [1.54, 1.807) is 49.6 Å². The second-order valence-electron chi connectivity index (χ2n) is 6.22. The molecule has 1 aliphatic rings. The molecule has 2 aromatic rings. The number of nitrogens with zero attached hydrogens (tertiary/aromatic N) is 1. The average molecular weight is 393 g/mol. The van der Waals surface area contributed by atoms with Gasteiger partial charge in [-0.1, -0.05) is 24.3 Å². The zero-order valence-corrected chi connectivity index (χ0v) is 16.4. The number of hydrogen-bond acceptors (Lipinski definition) is 7. The summed E-state index contributed by atoms with van der Waals surface area (Å²) in [6, 6.07) is 11.9. The van der Waals surface area contributed by atoms with Crippen molar-refractivity contribution in [3.8, 4) is 5.75 Å². The van der Waals surface area contributed by atoms with Crippen molar-refractivity contribution in [3.05, 3.63) is 70.3 Å². The van der Waals surface area contributed by atoms with Crippen LogP contribution < -0.4 is 4.74 Å². The van der Waals surface area contributed by atoms with Gasteiger partial charge in [0.2, 0.25) is 5.78 Å². The number of benzene rings is 2. The zero-order valence-electron chi connectivity index (χ0n) is 16.4. The number of aliphatic imine (C=N–C) groups is 1. The lowest BCUT2D eigenvalue weighted by Gasteiger charge is -2.21. The van der Waals surface area contributed by atoms with Crippen LogP contribution in [0.15, 0.2) is 58.6 Å². The van der Waals surface area contributed by atoms with Crippen LogP contribution in [0.4, 0.5) is 5.69 Å². The minimum absolute atomic E-state index is 0.167. The van der Waals surface area contributed by atoms with Crippen LogP contribution in [0.25, 0.3) is 0 Å². The molecule has 29 heavy (non-hydrogen) atoms. The number of esters is 2. The Kier molecular flexibility index (Phi) is 5.59. The van der Waals surface area contributed by atoms with Crippen molar-refractivity contribution in [1.29, 1.82) is 0 Å². The third-order valence-corrected chi connectivity index (χ3v) is 4.56. The second-order valence-corrected chi connectivity index (χ2v) is 6.22. The molecule has 3 rings (SSSR count). The van der Waals surface area contributed by atoms with Gasteiger partial charge in [-0.25, -0.2) is 14.6 Å². The van der Waals surface area contributed by atoms with E-state index in [1.165, 1.54) is 7.11 Å². The molecule has 0 saturated heterocycles. The zero-order chi connectivity index (χ0) is 21.1. The third-order valence-electron chi connectivity index (χ3n) is 4.56. The molecule has 7 nitrogen and oxygen atoms in total. The normalized spacial score (nSPS) is 14.5. The molecule has 7 heteroatoms. The van der Waals surface area contributed by atoms with E-state index >= 15 is 0 Å². The van der Waals surface area contributed by atoms with Gasteiger partial charge in [0.1, 0.15) is 16.9 Å². The van der Waals surface area contributed by atoms with Gasteiger partial charge in [0.05, 0.1) is 32.7 Å². The first kappa shape index (κ1) is 20.0. The number of hydrogen-bond donors (Lipinski definition) is 0. The van der Waals surface area contributed by atoms with Crippen molar-refractivity contribution >= 4 is 29.1 Å². The largest absolute Gasteiger partial charge is 0.497 e. The fourth-order valence-corrected chi connectivity index (χ4v) is 3.10. The molecule has 0 N–H and O–H groups in total. The van der Waals surface area contributed by atoms with Crippen molar-refractivity contribution in [2.24, 2.45) is 4.99 Å². The van der Waals surface area contributed by atoms with Crippen LogP contribution in [0.3, 0.4) is 0 Å². The number of fused-ring (bicyclic) bond motifs is 1. The van der Waals surface area contributed by atoms with Crippen molar-refractivity contribution in [3.63, 3.8) is 0 Å². The van der Waals surface area contributed by atoms with Crippen molar-refractivity contribution in [2.75, 3.05) is 21.3 Å². The first-order chi connectivity index (χ1) is 13.9. The summed E-state index contributed by atoms with van der Waals surface area (Å²) in [6.45, 7) is 1.84. The Morgan fingerprint density at radius 3 is 2.07 bits per heavy atom. The minimum Gasteiger partial charge on any atom is -0.497 e. The Bertz CT molecular complexity index is 1080. The number of ketones is 1. The van der Waals surface area contributed by atoms with Gasteiger partial charge in [0.25, 0.3) is 0 Å². The number of methoxy groups -OCH3 is 3. The summed E-state index contributed by atoms with van der Waals surface area (Å²) in [5, 5.41) is 0. The molecule has 148 valence electrons. The molecule has 0 spiro atoms. The standard InChI is InChI=1S/C22H19NO6/c1-12-11-13(27-2)9-10-16(12)23-19-14-7-5-6-8-15(14)20(24)18(22(26)29-4)17(19)21(25)28-3/h5-11H,1-4H3. The molecule has 0 saturated carbocycles. The molecule has 0 bridgehead atoms. The van der Waals surface area contributed by atoms with Gasteiger partial charge in [-0.05, 0) is 30.7 Å². The van der Waals surface area contributed by atoms with Crippen LogP contribution in [0.1, 0.15) is 21.5 Å². The molecule has 0 unspecified atom stereocenters. The summed E-state index contributed by atoms with van der Waals surface area (Å²) < 4.78 is 14.8. The van der Waals surface area contributed by atoms with Crippen LogP contribution in [0.2, 0.25) is 0 Å². The number of carbonyl (C=O) groups excluding carboxylic acids is 3. The quantitative estimate of drug-likeness (QED) is 0.586. The van der Waals surface area contributed by atoms with Crippen molar-refractivity contribution in [2.45, 2.75) is 6.92 Å². The number of aryl methyl sites for hydroxylation is 1. The highest BCUT2D eigenvalue weighted by Crippen LogP contribution is 2.32. The van der Waals surface area contributed by atoms with Gasteiger partial charge in [0.15, 0.2) is 0 Å². The highest BCUT2D eigenvalue weighted by Gasteiger charge is 2.39. The van der Waals surface area contributed by atoms with Crippen LogP contribution in [-0.2, 0) is 19.1 Å². The van der Waals surface area contributed by atoms with Gasteiger partial charge in [-0.2, -0.15) is 0 Å². The Labute approximate surface area is 167 Å². The Morgan fingerprint density at radius 1 is 0.862 bits per heavy atom. The fourth-order valence-electron chi connectivity index (χ4n) is 3.10. The molecule has 0 aromatic heterocycles. The highest BCUT2D eigenvalue weighted by molar-refractivity contribution is 6.43. The van der Waals surface area contributed by atoms with Crippen molar-refractivity contribution in [1.82, 2.24) is 0 Å². The summed E-state index contributed by atoms with van der Waals surface area (Å²) in [6.07, 6.45) is 0. The van der Waals surface area contributed by atoms with Crippen molar-refractivity contribution < 1.29 is 28.6 Å². The smallest absolute Gasteiger partial charge is 0.342 e. The lowest BCUT2D eigenvalue weighted by Crippen LogP contribution is -2.31. The predicted octanol–water partition coefficient (Wildman–Crippen LogP) is 2.96. The van der Waals surface area contributed by atoms with E-state index < -0.39 is 23.3 Å². The van der Waals surface area contributed by atoms with E-state index in [4.69, 9.17) is 14.2 Å². The lowest BCUT2D eigenvalue weighted by molar-refractivity contribution is -0.138. The third kappa shape index (κ3) is 3.54. The summed E-state index contributed by atoms with van der Waals surface area (Å²) in [4.78, 5) is 42.6. The SMILES string of the molecule is COC(=O)C1=C(C(=O)OC)C(=Nc2ccc(OC)cc2C)c2ccccc2C1=O. The van der Waals surface area contributed by atoms with Gasteiger partial charge < -0.3 is 14.2 Å². The molecule has 0 amide bonds. The number of rotatable bonds is 4. The van der Waals surface area contributed by atoms with Crippen LogP contribution in [0, 0.1) is 6.92 Å². The molecule has 0 radical (unpaired) electrons. The topological polar surface area (TPSA) is 91.3 Å². The van der Waals surface area contributed by atoms with E-state index in [0.29, 0.717) is 17.0 Å². The average Bonchev–Trinajstić information content (AvgIpc) is 2.75. The molecule has 0 aliphatic heterocycles. The second kappa shape index (κ2) is 8.10. The molecular formula is C22H19NO6. The minimum atomic E-state index is -0.927. The molecule has 0 fully saturated rings. The molecule has 0 heterocycles. The van der Waals surface area contributed by atoms with E-state index in [0.717, 1.165) is 12.7 Å². The monoisotopic (exact) mass is 393 g/mol. The maximum absolute atomic E-state index is 13.0. The summed E-state index contributed by atoms with van der Waals surface area (Å²) in [5.41, 5.74) is 1.57. The first-order valence-electron chi connectivity index (χ1n) is 8.71. The molecule has 1 aliphatic carbocycles. The number of Topliss-reactive ketones (excluding diaryl/α,β-unsaturated/α-hetero) is 1. The molecule has 0 atom stereocenters. The lowest BCUT2D eigenvalue weighted by atomic mass is 9.83. The Hall–Kier alpha value is -3.74. The summed E-state index contributed by atoms with van der Waals surface area (Å²) >= 11 is 0. The van der Waals surface area contributed by atoms with Gasteiger partial charge >= 0.3 is 11.9 Å². The van der Waals surface area contributed by atoms with Gasteiger partial charge in [-0.15, -0.1) is 0 Å². The van der Waals surface area contributed by atoms with E-state index in [1.807, 2.05) is 6.92 Å². The highest BCUT2D eigenvalue weighted by atomic mass is 16.5. The van der Waals surface area contributed by atoms with E-state index in [-0.39, 0.29) is 16.8 Å². The molecular weight excluding hydrogens is 374 g/mol. The Morgan fingerprint density at radius 2 is 1.48 bits per heavy atom. The molecule has 2 aromatic carbocycles. The number of ether oxygens (including phenoxy) is 3. The summed E-state index contributed by atoms with van der Waals surface area (Å²) in [5.74, 6) is -1.73. The van der Waals surface area contributed by atoms with Gasteiger partial charge in [-0.3, -0.25) is 4.79 Å². The van der Waals surface area contributed by atoms with Crippen LogP contribution >= 0.6 is 0 Å². The first-order valence-corrected chi connectivity index (χ1v) is 8.71. The van der Waals surface area contributed by atoms with E-state index in [9.17, 15) is 14.4 Å². The van der Waals surface area contributed by atoms with E-state index in [2.05, 4.69) is 4.99 Å². The van der Waals surface area contributed by atoms with Gasteiger partial charge in [0, 0.05) is 11.1 Å². The Balaban J connectivity index is 2.35. The maximum atomic E-state index is 13.0. The van der Waals surface area contributed by atoms with Crippen LogP contribution in [-0.4, -0.2) is 44.8 Å². The summed E-state index contributed by atoms with van der Waals surface area (Å²) in [7, 11) is 3.87. The number of carbonyl (C=O) groups is 3. The maximum Gasteiger partial charge on any atom is 0.342 e. The predicted molar refractivity (Wildman–Crippen MR) is 106 cm³/mol.